The van der Waals surface area contributed by atoms with E-state index in [0.717, 1.165) is 6.08 Å². The maximum Gasteiger partial charge on any atom is 0.328 e. The highest BCUT2D eigenvalue weighted by atomic mass is 16.5. The highest BCUT2D eigenvalue weighted by molar-refractivity contribution is 5.86. The van der Waals surface area contributed by atoms with Crippen LogP contribution in [0.2, 0.25) is 0 Å². The molecule has 0 aliphatic carbocycles. The summed E-state index contributed by atoms with van der Waals surface area (Å²) in [4.78, 5) is 10.7. The van der Waals surface area contributed by atoms with Crippen molar-refractivity contribution < 1.29 is 39.4 Å². The Bertz CT molecular complexity index is 526. The lowest BCUT2D eigenvalue weighted by molar-refractivity contribution is -0.131. The number of aliphatic carboxylic acids is 1. The lowest BCUT2D eigenvalue weighted by Crippen LogP contribution is -2.10. The average molecular weight is 328 g/mol. The minimum Gasteiger partial charge on any atom is -0.487 e. The van der Waals surface area contributed by atoms with Crippen molar-refractivity contribution in [2.45, 2.75) is 0 Å². The van der Waals surface area contributed by atoms with E-state index >= 15 is 0 Å². The second-order valence-corrected chi connectivity index (χ2v) is 4.20. The molecule has 0 aromatic heterocycles. The van der Waals surface area contributed by atoms with Gasteiger partial charge in [0.1, 0.15) is 19.8 Å². The Morgan fingerprint density at radius 3 is 2.04 bits per heavy atom. The molecular weight excluding hydrogens is 308 g/mol. The number of carbonyl (C=O) groups is 1. The van der Waals surface area contributed by atoms with Crippen molar-refractivity contribution in [1.29, 1.82) is 0 Å². The van der Waals surface area contributed by atoms with Gasteiger partial charge in [-0.25, -0.2) is 4.79 Å². The molecule has 0 saturated heterocycles. The molecule has 0 saturated carbocycles. The number of ether oxygens (including phenoxy) is 3. The Morgan fingerprint density at radius 2 is 1.48 bits per heavy atom. The van der Waals surface area contributed by atoms with Gasteiger partial charge in [-0.2, -0.15) is 0 Å². The van der Waals surface area contributed by atoms with Crippen molar-refractivity contribution in [3.05, 3.63) is 23.8 Å². The van der Waals surface area contributed by atoms with Gasteiger partial charge in [0.2, 0.25) is 5.75 Å². The first-order valence-corrected chi connectivity index (χ1v) is 6.93. The molecule has 0 amide bonds. The molecule has 8 heteroatoms. The molecule has 1 aromatic rings. The highest BCUT2D eigenvalue weighted by Crippen LogP contribution is 2.41. The lowest BCUT2D eigenvalue weighted by Gasteiger charge is -2.18. The normalized spacial score (nSPS) is 10.7. The summed E-state index contributed by atoms with van der Waals surface area (Å²) < 4.78 is 16.2. The van der Waals surface area contributed by atoms with E-state index in [0.29, 0.717) is 5.56 Å². The molecule has 8 nitrogen and oxygen atoms in total. The van der Waals surface area contributed by atoms with Crippen molar-refractivity contribution in [3.8, 4) is 17.2 Å². The largest absolute Gasteiger partial charge is 0.487 e. The molecule has 1 rings (SSSR count). The van der Waals surface area contributed by atoms with Gasteiger partial charge >= 0.3 is 5.97 Å². The third kappa shape index (κ3) is 6.15. The van der Waals surface area contributed by atoms with E-state index in [-0.39, 0.29) is 56.9 Å². The fraction of sp³-hybridized carbons (Fsp3) is 0.400. The van der Waals surface area contributed by atoms with E-state index in [1.807, 2.05) is 0 Å². The lowest BCUT2D eigenvalue weighted by atomic mass is 10.1. The van der Waals surface area contributed by atoms with E-state index in [1.54, 1.807) is 6.07 Å². The van der Waals surface area contributed by atoms with Crippen LogP contribution in [0, 0.1) is 0 Å². The van der Waals surface area contributed by atoms with Gasteiger partial charge in [-0.1, -0.05) is 0 Å². The molecule has 4 N–H and O–H groups in total. The van der Waals surface area contributed by atoms with Gasteiger partial charge in [-0.05, 0) is 18.2 Å². The van der Waals surface area contributed by atoms with Crippen LogP contribution >= 0.6 is 0 Å². The Kier molecular flexibility index (Phi) is 8.51. The zero-order valence-electron chi connectivity index (χ0n) is 12.5. The number of aliphatic hydroxyl groups excluding tert-OH is 3. The average Bonchev–Trinajstić information content (AvgIpc) is 2.54. The van der Waals surface area contributed by atoms with Crippen LogP contribution in [0.1, 0.15) is 5.56 Å². The number of hydrogen-bond acceptors (Lipinski definition) is 7. The second kappa shape index (κ2) is 10.4. The molecule has 0 spiro atoms. The fourth-order valence-corrected chi connectivity index (χ4v) is 1.70. The summed E-state index contributed by atoms with van der Waals surface area (Å²) in [5.41, 5.74) is 0.408. The van der Waals surface area contributed by atoms with Crippen LogP contribution in [0.5, 0.6) is 17.2 Å². The Labute approximate surface area is 133 Å². The quantitative estimate of drug-likeness (QED) is 0.415. The van der Waals surface area contributed by atoms with Crippen LogP contribution in [0.25, 0.3) is 6.08 Å². The molecule has 0 fully saturated rings. The number of hydrogen-bond donors (Lipinski definition) is 4. The van der Waals surface area contributed by atoms with Crippen molar-refractivity contribution in [2.24, 2.45) is 0 Å². The molecule has 0 unspecified atom stereocenters. The zero-order chi connectivity index (χ0) is 17.1. The standard InChI is InChI=1S/C15H20O8/c16-5-8-21-12-3-1-11(2-4-13(19)20)14(22-9-6-17)15(12)23-10-7-18/h1-4,16-18H,5-10H2,(H,19,20)/b4-2+. The first-order valence-electron chi connectivity index (χ1n) is 6.93. The van der Waals surface area contributed by atoms with Crippen LogP contribution in [-0.2, 0) is 4.79 Å². The van der Waals surface area contributed by atoms with E-state index in [2.05, 4.69) is 0 Å². The van der Waals surface area contributed by atoms with Crippen molar-refractivity contribution in [2.75, 3.05) is 39.6 Å². The Balaban J connectivity index is 3.25. The van der Waals surface area contributed by atoms with Gasteiger partial charge in [0.25, 0.3) is 0 Å². The number of carboxylic acids is 1. The molecule has 23 heavy (non-hydrogen) atoms. The molecule has 128 valence electrons. The first-order chi connectivity index (χ1) is 11.1. The summed E-state index contributed by atoms with van der Waals surface area (Å²) in [5, 5.41) is 35.5. The van der Waals surface area contributed by atoms with Crippen molar-refractivity contribution in [3.63, 3.8) is 0 Å². The number of aliphatic hydroxyl groups is 3. The smallest absolute Gasteiger partial charge is 0.328 e. The molecule has 0 atom stereocenters. The van der Waals surface area contributed by atoms with Crippen molar-refractivity contribution >= 4 is 12.0 Å². The van der Waals surface area contributed by atoms with Gasteiger partial charge in [-0.3, -0.25) is 0 Å². The summed E-state index contributed by atoms with van der Waals surface area (Å²) >= 11 is 0. The van der Waals surface area contributed by atoms with Crippen LogP contribution in [0.3, 0.4) is 0 Å². The third-order valence-corrected chi connectivity index (χ3v) is 2.54. The predicted molar refractivity (Wildman–Crippen MR) is 80.9 cm³/mol. The predicted octanol–water partition coefficient (Wildman–Crippen LogP) is -0.102. The molecule has 1 aromatic carbocycles. The van der Waals surface area contributed by atoms with E-state index in [9.17, 15) is 4.79 Å². The minimum atomic E-state index is -1.13. The topological polar surface area (TPSA) is 126 Å². The SMILES string of the molecule is O=C(O)/C=C/c1ccc(OCCO)c(OCCO)c1OCCO. The van der Waals surface area contributed by atoms with Gasteiger partial charge in [-0.15, -0.1) is 0 Å². The van der Waals surface area contributed by atoms with Gasteiger partial charge in [0, 0.05) is 11.6 Å². The van der Waals surface area contributed by atoms with Gasteiger partial charge in [0.05, 0.1) is 19.8 Å². The summed E-state index contributed by atoms with van der Waals surface area (Å²) in [6, 6.07) is 3.10. The van der Waals surface area contributed by atoms with Crippen LogP contribution in [0.4, 0.5) is 0 Å². The first kappa shape index (κ1) is 18.8. The van der Waals surface area contributed by atoms with Gasteiger partial charge < -0.3 is 34.6 Å². The number of rotatable bonds is 11. The van der Waals surface area contributed by atoms with E-state index in [1.165, 1.54) is 12.1 Å². The fourth-order valence-electron chi connectivity index (χ4n) is 1.70. The van der Waals surface area contributed by atoms with Gasteiger partial charge in [0.15, 0.2) is 11.5 Å². The maximum absolute atomic E-state index is 10.7. The molecule has 0 aliphatic heterocycles. The molecule has 0 heterocycles. The van der Waals surface area contributed by atoms with Crippen molar-refractivity contribution in [1.82, 2.24) is 0 Å². The highest BCUT2D eigenvalue weighted by Gasteiger charge is 2.17. The Hall–Kier alpha value is -2.29. The monoisotopic (exact) mass is 328 g/mol. The zero-order valence-corrected chi connectivity index (χ0v) is 12.5. The Morgan fingerprint density at radius 1 is 0.913 bits per heavy atom. The van der Waals surface area contributed by atoms with Crippen LogP contribution in [0.15, 0.2) is 18.2 Å². The molecular formula is C15H20O8. The number of carboxylic acid groups (broad SMARTS) is 1. The van der Waals surface area contributed by atoms with E-state index in [4.69, 9.17) is 34.6 Å². The van der Waals surface area contributed by atoms with Crippen LogP contribution in [-0.4, -0.2) is 66.0 Å². The molecule has 0 aliphatic rings. The van der Waals surface area contributed by atoms with E-state index < -0.39 is 5.97 Å². The summed E-state index contributed by atoms with van der Waals surface area (Å²) in [5.74, 6) is -0.515. The molecule has 0 bridgehead atoms. The summed E-state index contributed by atoms with van der Waals surface area (Å²) in [7, 11) is 0. The second-order valence-electron chi connectivity index (χ2n) is 4.20. The third-order valence-electron chi connectivity index (χ3n) is 2.54. The summed E-state index contributed by atoms with van der Waals surface area (Å²) in [6.45, 7) is -0.729. The minimum absolute atomic E-state index is 0.0270. The number of benzene rings is 1. The molecule has 0 radical (unpaired) electrons. The summed E-state index contributed by atoms with van der Waals surface area (Å²) in [6.07, 6.45) is 2.25. The van der Waals surface area contributed by atoms with Crippen LogP contribution < -0.4 is 14.2 Å². The maximum atomic E-state index is 10.7.